The molecular weight excluding hydrogens is 426 g/mol. The molecule has 9 heteroatoms. The summed E-state index contributed by atoms with van der Waals surface area (Å²) in [5.41, 5.74) is 0.957. The maximum absolute atomic E-state index is 13.1. The number of ether oxygens (including phenoxy) is 1. The Bertz CT molecular complexity index is 1160. The Morgan fingerprint density at radius 1 is 1.22 bits per heavy atom. The Hall–Kier alpha value is -2.62. The van der Waals surface area contributed by atoms with Gasteiger partial charge in [0.1, 0.15) is 0 Å². The number of nitrogens with zero attached hydrogens (tertiary/aromatic N) is 4. The standard InChI is InChI=1S/C23H29N5O3S/c1-14(2)9-28-22(30)19-8-6-5-7-18(19)20(26-28)21(29)25-23-24-17(13-32-23)12-27-10-15(3)31-16(4)11-27/h5-8,13-16H,9-12H2,1-4H3,(H,24,25,29). The Labute approximate surface area is 191 Å². The van der Waals surface area contributed by atoms with Crippen molar-refractivity contribution in [2.24, 2.45) is 5.92 Å². The van der Waals surface area contributed by atoms with Crippen LogP contribution in [0.5, 0.6) is 0 Å². The first-order valence-corrected chi connectivity index (χ1v) is 11.8. The molecule has 4 rings (SSSR count). The molecule has 1 aromatic carbocycles. The van der Waals surface area contributed by atoms with Crippen LogP contribution in [0.2, 0.25) is 0 Å². The molecule has 0 spiro atoms. The number of amides is 1. The number of fused-ring (bicyclic) bond motifs is 1. The Kier molecular flexibility index (Phi) is 6.68. The third-order valence-corrected chi connectivity index (χ3v) is 6.08. The molecule has 2 unspecified atom stereocenters. The molecule has 0 radical (unpaired) electrons. The summed E-state index contributed by atoms with van der Waals surface area (Å²) >= 11 is 1.39. The second kappa shape index (κ2) is 9.48. The highest BCUT2D eigenvalue weighted by molar-refractivity contribution is 7.14. The van der Waals surface area contributed by atoms with Crippen LogP contribution in [0.4, 0.5) is 5.13 Å². The van der Waals surface area contributed by atoms with E-state index in [4.69, 9.17) is 4.74 Å². The molecule has 2 aromatic heterocycles. The molecular formula is C23H29N5O3S. The lowest BCUT2D eigenvalue weighted by Gasteiger charge is -2.34. The van der Waals surface area contributed by atoms with Gasteiger partial charge in [-0.15, -0.1) is 11.3 Å². The van der Waals surface area contributed by atoms with Gasteiger partial charge in [0.2, 0.25) is 0 Å². The van der Waals surface area contributed by atoms with Gasteiger partial charge in [0.15, 0.2) is 10.8 Å². The van der Waals surface area contributed by atoms with Gasteiger partial charge in [0.25, 0.3) is 11.5 Å². The van der Waals surface area contributed by atoms with Crippen LogP contribution < -0.4 is 10.9 Å². The van der Waals surface area contributed by atoms with Crippen molar-refractivity contribution in [3.05, 3.63) is 51.4 Å². The van der Waals surface area contributed by atoms with Gasteiger partial charge in [0.05, 0.1) is 23.3 Å². The van der Waals surface area contributed by atoms with Crippen molar-refractivity contribution < 1.29 is 9.53 Å². The van der Waals surface area contributed by atoms with Crippen molar-refractivity contribution in [3.63, 3.8) is 0 Å². The van der Waals surface area contributed by atoms with Crippen molar-refractivity contribution in [1.82, 2.24) is 19.7 Å². The van der Waals surface area contributed by atoms with Gasteiger partial charge >= 0.3 is 0 Å². The number of benzene rings is 1. The van der Waals surface area contributed by atoms with Crippen LogP contribution in [0.25, 0.3) is 10.8 Å². The van der Waals surface area contributed by atoms with Gasteiger partial charge in [-0.3, -0.25) is 19.8 Å². The van der Waals surface area contributed by atoms with Crippen LogP contribution >= 0.6 is 11.3 Å². The lowest BCUT2D eigenvalue weighted by molar-refractivity contribution is -0.0707. The van der Waals surface area contributed by atoms with E-state index in [1.165, 1.54) is 16.0 Å². The average Bonchev–Trinajstić information content (AvgIpc) is 3.15. The van der Waals surface area contributed by atoms with E-state index in [1.54, 1.807) is 24.3 Å². The Morgan fingerprint density at radius 3 is 2.59 bits per heavy atom. The molecule has 2 atom stereocenters. The van der Waals surface area contributed by atoms with Crippen LogP contribution in [0.15, 0.2) is 34.4 Å². The number of morpholine rings is 1. The topological polar surface area (TPSA) is 89.3 Å². The Morgan fingerprint density at radius 2 is 1.91 bits per heavy atom. The monoisotopic (exact) mass is 455 g/mol. The van der Waals surface area contributed by atoms with Crippen molar-refractivity contribution >= 4 is 33.1 Å². The molecule has 32 heavy (non-hydrogen) atoms. The molecule has 0 bridgehead atoms. The van der Waals surface area contributed by atoms with Gasteiger partial charge in [-0.2, -0.15) is 5.10 Å². The first-order chi connectivity index (χ1) is 15.3. The third kappa shape index (κ3) is 5.06. The molecule has 8 nitrogen and oxygen atoms in total. The maximum atomic E-state index is 13.1. The summed E-state index contributed by atoms with van der Waals surface area (Å²) in [4.78, 5) is 32.8. The van der Waals surface area contributed by atoms with E-state index >= 15 is 0 Å². The highest BCUT2D eigenvalue weighted by Crippen LogP contribution is 2.21. The number of nitrogens with one attached hydrogen (secondary N) is 1. The number of hydrogen-bond acceptors (Lipinski definition) is 7. The zero-order valence-corrected chi connectivity index (χ0v) is 19.7. The molecule has 1 N–H and O–H groups in total. The van der Waals surface area contributed by atoms with E-state index in [9.17, 15) is 9.59 Å². The van der Waals surface area contributed by atoms with Crippen LogP contribution in [0, 0.1) is 5.92 Å². The van der Waals surface area contributed by atoms with Gasteiger partial charge in [-0.1, -0.05) is 32.0 Å². The van der Waals surface area contributed by atoms with Crippen LogP contribution in [0.3, 0.4) is 0 Å². The summed E-state index contributed by atoms with van der Waals surface area (Å²) in [5, 5.41) is 10.8. The largest absolute Gasteiger partial charge is 0.373 e. The highest BCUT2D eigenvalue weighted by atomic mass is 32.1. The molecule has 3 aromatic rings. The number of rotatable bonds is 6. The van der Waals surface area contributed by atoms with Gasteiger partial charge in [0, 0.05) is 36.9 Å². The van der Waals surface area contributed by atoms with Crippen LogP contribution in [-0.2, 0) is 17.8 Å². The highest BCUT2D eigenvalue weighted by Gasteiger charge is 2.23. The lowest BCUT2D eigenvalue weighted by Crippen LogP contribution is -2.44. The van der Waals surface area contributed by atoms with E-state index in [0.717, 1.165) is 18.8 Å². The van der Waals surface area contributed by atoms with Crippen LogP contribution in [0.1, 0.15) is 43.9 Å². The zero-order valence-electron chi connectivity index (χ0n) is 18.9. The molecule has 3 heterocycles. The molecule has 1 aliphatic heterocycles. The van der Waals surface area contributed by atoms with Crippen molar-refractivity contribution in [2.75, 3.05) is 18.4 Å². The first-order valence-electron chi connectivity index (χ1n) is 10.9. The number of aromatic nitrogens is 3. The van der Waals surface area contributed by atoms with Crippen molar-refractivity contribution in [2.45, 2.75) is 53.0 Å². The fourth-order valence-electron chi connectivity index (χ4n) is 4.11. The predicted octanol–water partition coefficient (Wildman–Crippen LogP) is 3.37. The SMILES string of the molecule is CC(C)Cn1nc(C(=O)Nc2nc(CN3CC(C)OC(C)C3)cs2)c2ccccc2c1=O. The van der Waals surface area contributed by atoms with E-state index in [1.807, 2.05) is 19.2 Å². The van der Waals surface area contributed by atoms with Gasteiger partial charge in [-0.25, -0.2) is 9.67 Å². The van der Waals surface area contributed by atoms with Crippen LogP contribution in [-0.4, -0.2) is 50.9 Å². The minimum absolute atomic E-state index is 0.184. The molecule has 0 aliphatic carbocycles. The lowest BCUT2D eigenvalue weighted by atomic mass is 10.1. The quantitative estimate of drug-likeness (QED) is 0.613. The second-order valence-electron chi connectivity index (χ2n) is 8.82. The average molecular weight is 456 g/mol. The molecule has 0 saturated carbocycles. The van der Waals surface area contributed by atoms with E-state index in [2.05, 4.69) is 34.1 Å². The number of hydrogen-bond donors (Lipinski definition) is 1. The van der Waals surface area contributed by atoms with E-state index in [0.29, 0.717) is 29.0 Å². The predicted molar refractivity (Wildman–Crippen MR) is 126 cm³/mol. The van der Waals surface area contributed by atoms with E-state index in [-0.39, 0.29) is 35.3 Å². The fourth-order valence-corrected chi connectivity index (χ4v) is 4.80. The number of thiazole rings is 1. The normalized spacial score (nSPS) is 19.5. The number of anilines is 1. The summed E-state index contributed by atoms with van der Waals surface area (Å²) < 4.78 is 7.18. The van der Waals surface area contributed by atoms with E-state index < -0.39 is 0 Å². The summed E-state index contributed by atoms with van der Waals surface area (Å²) in [7, 11) is 0. The number of carbonyl (C=O) groups is 1. The molecule has 1 amide bonds. The summed E-state index contributed by atoms with van der Waals surface area (Å²) in [5.74, 6) is -0.141. The number of carbonyl (C=O) groups excluding carboxylic acids is 1. The second-order valence-corrected chi connectivity index (χ2v) is 9.68. The molecule has 1 saturated heterocycles. The van der Waals surface area contributed by atoms with Crippen molar-refractivity contribution in [1.29, 1.82) is 0 Å². The minimum Gasteiger partial charge on any atom is -0.373 e. The molecule has 170 valence electrons. The smallest absolute Gasteiger partial charge is 0.278 e. The minimum atomic E-state index is -0.367. The zero-order chi connectivity index (χ0) is 22.8. The Balaban J connectivity index is 1.54. The maximum Gasteiger partial charge on any atom is 0.278 e. The summed E-state index contributed by atoms with van der Waals surface area (Å²) in [6, 6.07) is 7.09. The van der Waals surface area contributed by atoms with Gasteiger partial charge in [-0.05, 0) is 25.8 Å². The third-order valence-electron chi connectivity index (χ3n) is 5.27. The summed E-state index contributed by atoms with van der Waals surface area (Å²) in [6.45, 7) is 11.0. The fraction of sp³-hybridized carbons (Fsp3) is 0.478. The van der Waals surface area contributed by atoms with Gasteiger partial charge < -0.3 is 4.74 Å². The van der Waals surface area contributed by atoms with Crippen molar-refractivity contribution in [3.8, 4) is 0 Å². The summed E-state index contributed by atoms with van der Waals surface area (Å²) in [6.07, 6.45) is 0.384. The molecule has 1 aliphatic rings. The first kappa shape index (κ1) is 22.6. The molecule has 1 fully saturated rings.